The first-order chi connectivity index (χ1) is 4.84. The molecule has 0 spiro atoms. The molecule has 1 aliphatic heterocycles. The summed E-state index contributed by atoms with van der Waals surface area (Å²) in [6, 6.07) is 0. The second-order valence-corrected chi connectivity index (χ2v) is 2.28. The van der Waals surface area contributed by atoms with Gasteiger partial charge in [-0.1, -0.05) is 0 Å². The van der Waals surface area contributed by atoms with Gasteiger partial charge in [0.25, 0.3) is 0 Å². The lowest BCUT2D eigenvalue weighted by molar-refractivity contribution is -0.113. The van der Waals surface area contributed by atoms with Crippen molar-refractivity contribution in [2.45, 2.75) is 6.17 Å². The maximum absolute atomic E-state index is 10.2. The Bertz CT molecular complexity index is 117. The monoisotopic (exact) mass is 180 g/mol. The van der Waals surface area contributed by atoms with Gasteiger partial charge in [-0.2, -0.15) is 0 Å². The Kier molecular flexibility index (Phi) is 5.41. The Hall–Kier alpha value is -0.160. The van der Waals surface area contributed by atoms with Crippen LogP contribution in [0.1, 0.15) is 0 Å². The molecule has 1 heterocycles. The molecule has 5 heteroatoms. The smallest absolute Gasteiger partial charge is 0.151 e. The van der Waals surface area contributed by atoms with E-state index in [-0.39, 0.29) is 12.4 Å². The number of rotatable bonds is 2. The molecule has 0 aliphatic carbocycles. The van der Waals surface area contributed by atoms with Gasteiger partial charge in [-0.3, -0.25) is 4.90 Å². The summed E-state index contributed by atoms with van der Waals surface area (Å²) in [5.41, 5.74) is 5.45. The van der Waals surface area contributed by atoms with Gasteiger partial charge in [0.1, 0.15) is 6.17 Å². The Morgan fingerprint density at radius 2 is 2.00 bits per heavy atom. The predicted molar refractivity (Wildman–Crippen MR) is 43.7 cm³/mol. The zero-order valence-electron chi connectivity index (χ0n) is 6.23. The fourth-order valence-corrected chi connectivity index (χ4v) is 0.962. The molecule has 0 aromatic heterocycles. The molecule has 1 rings (SSSR count). The van der Waals surface area contributed by atoms with E-state index in [0.29, 0.717) is 13.2 Å². The minimum Gasteiger partial charge on any atom is -0.379 e. The summed E-state index contributed by atoms with van der Waals surface area (Å²) in [6.07, 6.45) is 0.314. The van der Waals surface area contributed by atoms with E-state index >= 15 is 0 Å². The van der Waals surface area contributed by atoms with Gasteiger partial charge in [0.2, 0.25) is 0 Å². The summed E-state index contributed by atoms with van der Waals surface area (Å²) in [5.74, 6) is 0. The van der Waals surface area contributed by atoms with Crippen molar-refractivity contribution in [3.8, 4) is 0 Å². The molecule has 0 unspecified atom stereocenters. The van der Waals surface area contributed by atoms with Crippen LogP contribution in [0.25, 0.3) is 0 Å². The van der Waals surface area contributed by atoms with Crippen LogP contribution in [0.3, 0.4) is 0 Å². The van der Waals surface area contributed by atoms with Crippen LogP contribution in [0, 0.1) is 0 Å². The maximum Gasteiger partial charge on any atom is 0.151 e. The van der Waals surface area contributed by atoms with Crippen molar-refractivity contribution in [3.63, 3.8) is 0 Å². The van der Waals surface area contributed by atoms with Crippen molar-refractivity contribution < 1.29 is 9.53 Å². The number of nitrogens with two attached hydrogens (primary N) is 1. The molecule has 0 radical (unpaired) electrons. The zero-order valence-corrected chi connectivity index (χ0v) is 7.05. The molecule has 0 saturated carbocycles. The Morgan fingerprint density at radius 1 is 1.45 bits per heavy atom. The van der Waals surface area contributed by atoms with Crippen molar-refractivity contribution in [2.24, 2.45) is 5.73 Å². The number of morpholine rings is 1. The molecule has 0 aromatic carbocycles. The second-order valence-electron chi connectivity index (χ2n) is 2.28. The summed E-state index contributed by atoms with van der Waals surface area (Å²) in [4.78, 5) is 12.1. The van der Waals surface area contributed by atoms with Gasteiger partial charge in [0, 0.05) is 13.1 Å². The van der Waals surface area contributed by atoms with Crippen LogP contribution in [0.4, 0.5) is 0 Å². The third-order valence-electron chi connectivity index (χ3n) is 1.61. The average molecular weight is 181 g/mol. The van der Waals surface area contributed by atoms with Crippen molar-refractivity contribution in [2.75, 3.05) is 26.3 Å². The molecule has 0 amide bonds. The molecule has 1 fully saturated rings. The van der Waals surface area contributed by atoms with Crippen LogP contribution in [-0.2, 0) is 9.53 Å². The molecule has 1 atom stereocenters. The third-order valence-corrected chi connectivity index (χ3v) is 1.61. The number of carbonyl (C=O) groups is 1. The van der Waals surface area contributed by atoms with Crippen LogP contribution >= 0.6 is 12.4 Å². The molecular formula is C6H13ClN2O2. The summed E-state index contributed by atoms with van der Waals surface area (Å²) in [5, 5.41) is 0. The van der Waals surface area contributed by atoms with Gasteiger partial charge >= 0.3 is 0 Å². The lowest BCUT2D eigenvalue weighted by Gasteiger charge is -2.28. The molecule has 1 aliphatic rings. The Morgan fingerprint density at radius 3 is 2.45 bits per heavy atom. The van der Waals surface area contributed by atoms with Gasteiger partial charge in [0.05, 0.1) is 13.2 Å². The van der Waals surface area contributed by atoms with E-state index in [1.807, 2.05) is 4.90 Å². The first kappa shape index (κ1) is 10.8. The SMILES string of the molecule is Cl.N[C@H](C=O)N1CCOCC1. The van der Waals surface area contributed by atoms with E-state index in [9.17, 15) is 4.79 Å². The molecule has 1 saturated heterocycles. The lowest BCUT2D eigenvalue weighted by Crippen LogP contribution is -2.48. The van der Waals surface area contributed by atoms with Crippen LogP contribution in [0.5, 0.6) is 0 Å². The highest BCUT2D eigenvalue weighted by molar-refractivity contribution is 5.85. The first-order valence-electron chi connectivity index (χ1n) is 3.37. The number of nitrogens with zero attached hydrogens (tertiary/aromatic N) is 1. The highest BCUT2D eigenvalue weighted by Gasteiger charge is 2.15. The zero-order chi connectivity index (χ0) is 7.40. The van der Waals surface area contributed by atoms with E-state index in [1.165, 1.54) is 0 Å². The summed E-state index contributed by atoms with van der Waals surface area (Å²) >= 11 is 0. The van der Waals surface area contributed by atoms with Gasteiger partial charge in [-0.25, -0.2) is 0 Å². The quantitative estimate of drug-likeness (QED) is 0.567. The molecular weight excluding hydrogens is 168 g/mol. The second kappa shape index (κ2) is 5.49. The average Bonchev–Trinajstić information content (AvgIpc) is 2.05. The van der Waals surface area contributed by atoms with E-state index in [2.05, 4.69) is 0 Å². The van der Waals surface area contributed by atoms with Crippen LogP contribution in [0.15, 0.2) is 0 Å². The predicted octanol–water partition coefficient (Wildman–Crippen LogP) is -0.776. The Balaban J connectivity index is 0.000001000. The van der Waals surface area contributed by atoms with Crippen LogP contribution in [-0.4, -0.2) is 43.7 Å². The van der Waals surface area contributed by atoms with Crippen LogP contribution in [0.2, 0.25) is 0 Å². The summed E-state index contributed by atoms with van der Waals surface area (Å²) in [7, 11) is 0. The van der Waals surface area contributed by atoms with Gasteiger partial charge in [0.15, 0.2) is 6.29 Å². The van der Waals surface area contributed by atoms with Crippen molar-refractivity contribution in [1.29, 1.82) is 0 Å². The fourth-order valence-electron chi connectivity index (χ4n) is 0.962. The largest absolute Gasteiger partial charge is 0.379 e. The van der Waals surface area contributed by atoms with Crippen molar-refractivity contribution >= 4 is 18.7 Å². The summed E-state index contributed by atoms with van der Waals surface area (Å²) in [6.45, 7) is 2.89. The first-order valence-corrected chi connectivity index (χ1v) is 3.37. The normalized spacial score (nSPS) is 21.9. The van der Waals surface area contributed by atoms with Gasteiger partial charge < -0.3 is 15.3 Å². The molecule has 2 N–H and O–H groups in total. The topological polar surface area (TPSA) is 55.6 Å². The van der Waals surface area contributed by atoms with Crippen molar-refractivity contribution in [3.05, 3.63) is 0 Å². The highest BCUT2D eigenvalue weighted by atomic mass is 35.5. The number of carbonyl (C=O) groups excluding carboxylic acids is 1. The maximum atomic E-state index is 10.2. The van der Waals surface area contributed by atoms with E-state index in [4.69, 9.17) is 10.5 Å². The minimum absolute atomic E-state index is 0. The minimum atomic E-state index is -0.441. The molecule has 0 aromatic rings. The third kappa shape index (κ3) is 3.16. The Labute approximate surface area is 72.1 Å². The van der Waals surface area contributed by atoms with Gasteiger partial charge in [-0.15, -0.1) is 12.4 Å². The van der Waals surface area contributed by atoms with Crippen LogP contribution < -0.4 is 5.73 Å². The number of ether oxygens (including phenoxy) is 1. The van der Waals surface area contributed by atoms with Gasteiger partial charge in [-0.05, 0) is 0 Å². The lowest BCUT2D eigenvalue weighted by atomic mass is 10.4. The number of aldehydes is 1. The van der Waals surface area contributed by atoms with Crippen molar-refractivity contribution in [1.82, 2.24) is 4.90 Å². The molecule has 4 nitrogen and oxygen atoms in total. The fraction of sp³-hybridized carbons (Fsp3) is 0.833. The number of halogens is 1. The van der Waals surface area contributed by atoms with E-state index < -0.39 is 6.17 Å². The standard InChI is InChI=1S/C6H12N2O2.ClH/c7-6(5-9)8-1-3-10-4-2-8;/h5-6H,1-4,7H2;1H/t6-;/m0./s1. The highest BCUT2D eigenvalue weighted by Crippen LogP contribution is 1.96. The van der Waals surface area contributed by atoms with E-state index in [0.717, 1.165) is 19.4 Å². The number of hydrogen-bond donors (Lipinski definition) is 1. The molecule has 66 valence electrons. The molecule has 0 bridgehead atoms. The number of hydrogen-bond acceptors (Lipinski definition) is 4. The summed E-state index contributed by atoms with van der Waals surface area (Å²) < 4.78 is 5.08. The van der Waals surface area contributed by atoms with E-state index in [1.54, 1.807) is 0 Å². The molecule has 11 heavy (non-hydrogen) atoms.